The molecular formula is C36H66. The fourth-order valence-electron chi connectivity index (χ4n) is 10.6. The van der Waals surface area contributed by atoms with Crippen LogP contribution in [0.2, 0.25) is 0 Å². The molecule has 210 valence electrons. The van der Waals surface area contributed by atoms with Crippen molar-refractivity contribution in [2.45, 2.75) is 163 Å². The minimum absolute atomic E-state index is 1.03. The van der Waals surface area contributed by atoms with E-state index in [9.17, 15) is 0 Å². The first-order valence-corrected chi connectivity index (χ1v) is 17.5. The molecule has 0 nitrogen and oxygen atoms in total. The highest BCUT2D eigenvalue weighted by Crippen LogP contribution is 2.55. The van der Waals surface area contributed by atoms with Gasteiger partial charge in [0.1, 0.15) is 0 Å². The Bertz CT molecular complexity index is 599. The van der Waals surface area contributed by atoms with Crippen LogP contribution in [0.5, 0.6) is 0 Å². The highest BCUT2D eigenvalue weighted by molar-refractivity contribution is 4.96. The van der Waals surface area contributed by atoms with E-state index in [1.807, 2.05) is 0 Å². The third-order valence-electron chi connectivity index (χ3n) is 13.0. The second kappa shape index (κ2) is 14.4. The predicted octanol–water partition coefficient (Wildman–Crippen LogP) is 11.7. The quantitative estimate of drug-likeness (QED) is 0.327. The summed E-state index contributed by atoms with van der Waals surface area (Å²) in [5.41, 5.74) is 0. The van der Waals surface area contributed by atoms with Crippen LogP contribution in [-0.2, 0) is 0 Å². The molecule has 0 N–H and O–H groups in total. The second-order valence-electron chi connectivity index (χ2n) is 15.0. The van der Waals surface area contributed by atoms with E-state index < -0.39 is 0 Å². The molecule has 0 amide bonds. The Labute approximate surface area is 227 Å². The lowest BCUT2D eigenvalue weighted by Crippen LogP contribution is -2.40. The molecule has 0 radical (unpaired) electrons. The van der Waals surface area contributed by atoms with Crippen molar-refractivity contribution in [3.05, 3.63) is 0 Å². The fourth-order valence-corrected chi connectivity index (χ4v) is 10.6. The van der Waals surface area contributed by atoms with Gasteiger partial charge in [-0.3, -0.25) is 0 Å². The SMILES string of the molecule is CCC1CCCC(C2CCC(C)C2)C1.CCCCC1C(C)C2CCCC2CC1C1CCC(CC)CC1. The topological polar surface area (TPSA) is 0 Å². The van der Waals surface area contributed by atoms with E-state index in [-0.39, 0.29) is 0 Å². The lowest BCUT2D eigenvalue weighted by atomic mass is 9.57. The van der Waals surface area contributed by atoms with Crippen molar-refractivity contribution in [3.63, 3.8) is 0 Å². The van der Waals surface area contributed by atoms with E-state index in [1.165, 1.54) is 51.4 Å². The van der Waals surface area contributed by atoms with Gasteiger partial charge in [-0.2, -0.15) is 0 Å². The Hall–Kier alpha value is 0. The van der Waals surface area contributed by atoms with Crippen LogP contribution >= 0.6 is 0 Å². The molecule has 0 bridgehead atoms. The number of rotatable bonds is 7. The van der Waals surface area contributed by atoms with Gasteiger partial charge in [-0.15, -0.1) is 0 Å². The first-order chi connectivity index (χ1) is 17.5. The van der Waals surface area contributed by atoms with Crippen LogP contribution in [0.3, 0.4) is 0 Å². The maximum absolute atomic E-state index is 2.65. The summed E-state index contributed by atoms with van der Waals surface area (Å²) in [5.74, 6) is 11.9. The maximum atomic E-state index is 2.65. The van der Waals surface area contributed by atoms with Gasteiger partial charge in [-0.25, -0.2) is 0 Å². The molecular weight excluding hydrogens is 432 g/mol. The van der Waals surface area contributed by atoms with E-state index in [1.54, 1.807) is 77.0 Å². The highest BCUT2D eigenvalue weighted by atomic mass is 14.5. The number of hydrogen-bond acceptors (Lipinski definition) is 0. The molecule has 5 rings (SSSR count). The molecule has 0 aromatic heterocycles. The van der Waals surface area contributed by atoms with Crippen molar-refractivity contribution in [1.29, 1.82) is 0 Å². The fraction of sp³-hybridized carbons (Fsp3) is 1.00. The van der Waals surface area contributed by atoms with Gasteiger partial charge >= 0.3 is 0 Å². The first-order valence-electron chi connectivity index (χ1n) is 17.5. The molecule has 5 fully saturated rings. The number of hydrogen-bond donors (Lipinski definition) is 0. The monoisotopic (exact) mass is 499 g/mol. The molecule has 0 heterocycles. The van der Waals surface area contributed by atoms with E-state index in [2.05, 4.69) is 34.6 Å². The summed E-state index contributed by atoms with van der Waals surface area (Å²) in [6, 6.07) is 0. The van der Waals surface area contributed by atoms with E-state index in [0.717, 1.165) is 65.1 Å². The Morgan fingerprint density at radius 3 is 1.86 bits per heavy atom. The van der Waals surface area contributed by atoms with Crippen LogP contribution in [0.1, 0.15) is 163 Å². The van der Waals surface area contributed by atoms with Crippen LogP contribution < -0.4 is 0 Å². The molecule has 9 atom stereocenters. The Morgan fingerprint density at radius 1 is 0.528 bits per heavy atom. The average Bonchev–Trinajstić information content (AvgIpc) is 3.58. The van der Waals surface area contributed by atoms with Gasteiger partial charge in [0.25, 0.3) is 0 Å². The summed E-state index contributed by atoms with van der Waals surface area (Å²) in [6.07, 6.45) is 30.5. The molecule has 0 saturated heterocycles. The lowest BCUT2D eigenvalue weighted by Gasteiger charge is -2.48. The Kier molecular flexibility index (Phi) is 11.6. The molecule has 0 aliphatic heterocycles. The van der Waals surface area contributed by atoms with E-state index in [0.29, 0.717) is 0 Å². The van der Waals surface area contributed by atoms with Crippen molar-refractivity contribution in [2.75, 3.05) is 0 Å². The molecule has 0 spiro atoms. The van der Waals surface area contributed by atoms with E-state index in [4.69, 9.17) is 0 Å². The molecule has 0 aromatic rings. The van der Waals surface area contributed by atoms with Crippen LogP contribution in [0, 0.1) is 65.1 Å². The van der Waals surface area contributed by atoms with Gasteiger partial charge in [0.2, 0.25) is 0 Å². The zero-order valence-corrected chi connectivity index (χ0v) is 25.5. The minimum Gasteiger partial charge on any atom is -0.0654 e. The van der Waals surface area contributed by atoms with E-state index >= 15 is 0 Å². The molecule has 0 heteroatoms. The summed E-state index contributed by atoms with van der Waals surface area (Å²) in [7, 11) is 0. The molecule has 5 aliphatic rings. The highest BCUT2D eigenvalue weighted by Gasteiger charge is 2.46. The van der Waals surface area contributed by atoms with Crippen LogP contribution in [0.15, 0.2) is 0 Å². The lowest BCUT2D eigenvalue weighted by molar-refractivity contribution is 0.00916. The second-order valence-corrected chi connectivity index (χ2v) is 15.0. The van der Waals surface area contributed by atoms with Crippen molar-refractivity contribution in [3.8, 4) is 0 Å². The predicted molar refractivity (Wildman–Crippen MR) is 159 cm³/mol. The summed E-state index contributed by atoms with van der Waals surface area (Å²) in [4.78, 5) is 0. The minimum atomic E-state index is 1.03. The molecule has 0 aromatic carbocycles. The smallest absolute Gasteiger partial charge is 0.0352 e. The molecule has 9 unspecified atom stereocenters. The normalized spacial score (nSPS) is 45.1. The Morgan fingerprint density at radius 2 is 1.19 bits per heavy atom. The van der Waals surface area contributed by atoms with Gasteiger partial charge in [0.05, 0.1) is 0 Å². The largest absolute Gasteiger partial charge is 0.0654 e. The van der Waals surface area contributed by atoms with Crippen LogP contribution in [0.25, 0.3) is 0 Å². The van der Waals surface area contributed by atoms with Gasteiger partial charge in [-0.05, 0) is 116 Å². The van der Waals surface area contributed by atoms with Crippen molar-refractivity contribution in [1.82, 2.24) is 0 Å². The third-order valence-corrected chi connectivity index (χ3v) is 13.0. The van der Waals surface area contributed by atoms with Gasteiger partial charge < -0.3 is 0 Å². The summed E-state index contributed by atoms with van der Waals surface area (Å²) >= 11 is 0. The molecule has 5 saturated carbocycles. The van der Waals surface area contributed by atoms with Crippen LogP contribution in [-0.4, -0.2) is 0 Å². The van der Waals surface area contributed by atoms with Crippen molar-refractivity contribution in [2.24, 2.45) is 65.1 Å². The number of unbranched alkanes of at least 4 members (excludes halogenated alkanes) is 1. The summed E-state index contributed by atoms with van der Waals surface area (Å²) < 4.78 is 0. The first kappa shape index (κ1) is 29.0. The molecule has 5 aliphatic carbocycles. The van der Waals surface area contributed by atoms with Gasteiger partial charge in [0.15, 0.2) is 0 Å². The third kappa shape index (κ3) is 7.34. The van der Waals surface area contributed by atoms with Crippen molar-refractivity contribution >= 4 is 0 Å². The van der Waals surface area contributed by atoms with Gasteiger partial charge in [-0.1, -0.05) is 112 Å². The number of fused-ring (bicyclic) bond motifs is 1. The van der Waals surface area contributed by atoms with Crippen LogP contribution in [0.4, 0.5) is 0 Å². The van der Waals surface area contributed by atoms with Crippen molar-refractivity contribution < 1.29 is 0 Å². The standard InChI is InChI=1S/C22H40.C14H26/c1-4-6-9-21-16(3)20-10-7-8-19(20)15-22(21)18-13-11-17(5-2)12-14-18;1-3-12-5-4-6-13(10-12)14-8-7-11(2)9-14/h16-22H,4-15H2,1-3H3;11-14H,3-10H2,1-2H3. The zero-order chi connectivity index (χ0) is 25.5. The summed E-state index contributed by atoms with van der Waals surface area (Å²) in [5, 5.41) is 0. The molecule has 36 heavy (non-hydrogen) atoms. The maximum Gasteiger partial charge on any atom is -0.0352 e. The summed E-state index contributed by atoms with van der Waals surface area (Å²) in [6.45, 7) is 12.3. The Balaban J connectivity index is 0.000000187. The average molecular weight is 499 g/mol. The zero-order valence-electron chi connectivity index (χ0n) is 25.5. The van der Waals surface area contributed by atoms with Gasteiger partial charge in [0, 0.05) is 0 Å².